The fraction of sp³-hybridized carbons (Fsp3) is 0.625. The van der Waals surface area contributed by atoms with Crippen molar-refractivity contribution in [1.29, 1.82) is 0 Å². The number of para-hydroxylation sites is 1. The second kappa shape index (κ2) is 7.52. The van der Waals surface area contributed by atoms with Crippen LogP contribution in [0.4, 0.5) is 5.69 Å². The number of benzene rings is 1. The van der Waals surface area contributed by atoms with Gasteiger partial charge in [-0.15, -0.1) is 0 Å². The maximum atomic E-state index is 11.3. The van der Waals surface area contributed by atoms with Crippen LogP contribution in [0.15, 0.2) is 24.3 Å². The zero-order chi connectivity index (χ0) is 15.2. The summed E-state index contributed by atoms with van der Waals surface area (Å²) in [5.41, 5.74) is 1.12. The second-order valence-electron chi connectivity index (χ2n) is 6.09. The van der Waals surface area contributed by atoms with Crippen LogP contribution in [0.5, 0.6) is 0 Å². The first-order chi connectivity index (χ1) is 10.1. The molecule has 116 valence electrons. The number of nitro benzene ring substituents is 1. The van der Waals surface area contributed by atoms with Crippen molar-refractivity contribution < 1.29 is 4.92 Å². The highest BCUT2D eigenvalue weighted by Gasteiger charge is 2.27. The molecule has 0 amide bonds. The van der Waals surface area contributed by atoms with Crippen LogP contribution in [0, 0.1) is 16.0 Å². The number of nitro groups is 1. The van der Waals surface area contributed by atoms with Gasteiger partial charge < -0.3 is 5.32 Å². The van der Waals surface area contributed by atoms with Crippen LogP contribution in [0.3, 0.4) is 0 Å². The first-order valence-corrected chi connectivity index (χ1v) is 7.77. The van der Waals surface area contributed by atoms with Crippen LogP contribution in [-0.2, 0) is 0 Å². The Balaban J connectivity index is 2.27. The van der Waals surface area contributed by atoms with Gasteiger partial charge in [-0.05, 0) is 18.8 Å². The van der Waals surface area contributed by atoms with Gasteiger partial charge in [-0.2, -0.15) is 0 Å². The van der Waals surface area contributed by atoms with Crippen LogP contribution >= 0.6 is 0 Å². The van der Waals surface area contributed by atoms with Gasteiger partial charge in [-0.1, -0.05) is 32.0 Å². The van der Waals surface area contributed by atoms with Crippen LogP contribution in [-0.4, -0.2) is 36.0 Å². The summed E-state index contributed by atoms with van der Waals surface area (Å²) >= 11 is 0. The third-order valence-corrected chi connectivity index (χ3v) is 4.10. The fourth-order valence-corrected chi connectivity index (χ4v) is 2.96. The Morgan fingerprint density at radius 3 is 2.52 bits per heavy atom. The van der Waals surface area contributed by atoms with E-state index in [2.05, 4.69) is 24.1 Å². The molecule has 1 aliphatic rings. The van der Waals surface area contributed by atoms with Crippen LogP contribution in [0.2, 0.25) is 0 Å². The Morgan fingerprint density at radius 1 is 1.24 bits per heavy atom. The Morgan fingerprint density at radius 2 is 1.90 bits per heavy atom. The molecule has 1 fully saturated rings. The van der Waals surface area contributed by atoms with Gasteiger partial charge in [0.25, 0.3) is 5.69 Å². The van der Waals surface area contributed by atoms with Gasteiger partial charge >= 0.3 is 0 Å². The SMILES string of the molecule is CC(C)CC[C@H](c1ccccc1[N+](=O)[O-])N1CCNCC1. The molecular formula is C16H25N3O2. The molecule has 1 aliphatic heterocycles. The number of rotatable bonds is 6. The van der Waals surface area contributed by atoms with E-state index in [1.54, 1.807) is 12.1 Å². The number of nitrogens with one attached hydrogen (secondary N) is 1. The molecule has 5 heteroatoms. The summed E-state index contributed by atoms with van der Waals surface area (Å²) in [4.78, 5) is 13.5. The number of piperazine rings is 1. The zero-order valence-electron chi connectivity index (χ0n) is 12.9. The molecule has 1 aromatic carbocycles. The smallest absolute Gasteiger partial charge is 0.274 e. The molecule has 0 radical (unpaired) electrons. The minimum absolute atomic E-state index is 0.149. The van der Waals surface area contributed by atoms with E-state index >= 15 is 0 Å². The minimum atomic E-state index is -0.250. The van der Waals surface area contributed by atoms with E-state index in [0.29, 0.717) is 5.92 Å². The normalized spacial score (nSPS) is 17.9. The lowest BCUT2D eigenvalue weighted by Gasteiger charge is -2.35. The summed E-state index contributed by atoms with van der Waals surface area (Å²) in [5, 5.41) is 14.7. The Bertz CT molecular complexity index is 470. The molecule has 21 heavy (non-hydrogen) atoms. The minimum Gasteiger partial charge on any atom is -0.314 e. The molecule has 2 rings (SSSR count). The van der Waals surface area contributed by atoms with E-state index in [0.717, 1.165) is 44.6 Å². The summed E-state index contributed by atoms with van der Waals surface area (Å²) in [6, 6.07) is 7.35. The van der Waals surface area contributed by atoms with E-state index in [1.807, 2.05) is 12.1 Å². The predicted molar refractivity (Wildman–Crippen MR) is 84.4 cm³/mol. The summed E-state index contributed by atoms with van der Waals surface area (Å²) in [7, 11) is 0. The van der Waals surface area contributed by atoms with E-state index in [9.17, 15) is 10.1 Å². The summed E-state index contributed by atoms with van der Waals surface area (Å²) in [6.07, 6.45) is 2.06. The van der Waals surface area contributed by atoms with Gasteiger partial charge in [0.05, 0.1) is 4.92 Å². The summed E-state index contributed by atoms with van der Waals surface area (Å²) in [5.74, 6) is 0.609. The summed E-state index contributed by atoms with van der Waals surface area (Å²) < 4.78 is 0. The second-order valence-corrected chi connectivity index (χ2v) is 6.09. The predicted octanol–water partition coefficient (Wildman–Crippen LogP) is 2.98. The van der Waals surface area contributed by atoms with Crippen molar-refractivity contribution in [2.45, 2.75) is 32.7 Å². The van der Waals surface area contributed by atoms with Gasteiger partial charge in [-0.3, -0.25) is 15.0 Å². The van der Waals surface area contributed by atoms with Crippen molar-refractivity contribution in [2.75, 3.05) is 26.2 Å². The first kappa shape index (κ1) is 15.9. The van der Waals surface area contributed by atoms with Crippen molar-refractivity contribution in [3.8, 4) is 0 Å². The molecule has 1 atom stereocenters. The zero-order valence-corrected chi connectivity index (χ0v) is 12.9. The largest absolute Gasteiger partial charge is 0.314 e. The molecule has 1 N–H and O–H groups in total. The maximum absolute atomic E-state index is 11.3. The highest BCUT2D eigenvalue weighted by atomic mass is 16.6. The Kier molecular flexibility index (Phi) is 5.70. The lowest BCUT2D eigenvalue weighted by molar-refractivity contribution is -0.386. The number of hydrogen-bond donors (Lipinski definition) is 1. The Labute approximate surface area is 126 Å². The average Bonchev–Trinajstić information content (AvgIpc) is 2.48. The van der Waals surface area contributed by atoms with E-state index in [4.69, 9.17) is 0 Å². The van der Waals surface area contributed by atoms with Crippen molar-refractivity contribution >= 4 is 5.69 Å². The van der Waals surface area contributed by atoms with Crippen LogP contribution in [0.25, 0.3) is 0 Å². The van der Waals surface area contributed by atoms with Crippen molar-refractivity contribution in [1.82, 2.24) is 10.2 Å². The van der Waals surface area contributed by atoms with Crippen LogP contribution < -0.4 is 5.32 Å². The lowest BCUT2D eigenvalue weighted by Crippen LogP contribution is -2.45. The fourth-order valence-electron chi connectivity index (χ4n) is 2.96. The molecule has 0 aliphatic carbocycles. The monoisotopic (exact) mass is 291 g/mol. The molecule has 1 heterocycles. The highest BCUT2D eigenvalue weighted by molar-refractivity contribution is 5.42. The molecule has 1 saturated heterocycles. The standard InChI is InChI=1S/C16H25N3O2/c1-13(2)7-8-15(18-11-9-17-10-12-18)14-5-3-4-6-16(14)19(20)21/h3-6,13,15,17H,7-12H2,1-2H3/t15-/m1/s1. The molecular weight excluding hydrogens is 266 g/mol. The van der Waals surface area contributed by atoms with Crippen molar-refractivity contribution in [2.24, 2.45) is 5.92 Å². The molecule has 0 spiro atoms. The average molecular weight is 291 g/mol. The molecule has 0 aromatic heterocycles. The van der Waals surface area contributed by atoms with Gasteiger partial charge in [0.2, 0.25) is 0 Å². The van der Waals surface area contributed by atoms with E-state index in [1.165, 1.54) is 0 Å². The van der Waals surface area contributed by atoms with Gasteiger partial charge in [-0.25, -0.2) is 0 Å². The van der Waals surface area contributed by atoms with E-state index < -0.39 is 0 Å². The third kappa shape index (κ3) is 4.25. The van der Waals surface area contributed by atoms with Gasteiger partial charge in [0.1, 0.15) is 0 Å². The molecule has 0 saturated carbocycles. The van der Waals surface area contributed by atoms with E-state index in [-0.39, 0.29) is 16.7 Å². The Hall–Kier alpha value is -1.46. The van der Waals surface area contributed by atoms with Crippen molar-refractivity contribution in [3.63, 3.8) is 0 Å². The van der Waals surface area contributed by atoms with Gasteiger partial charge in [0.15, 0.2) is 0 Å². The number of nitrogens with zero attached hydrogens (tertiary/aromatic N) is 2. The molecule has 5 nitrogen and oxygen atoms in total. The first-order valence-electron chi connectivity index (χ1n) is 7.77. The quantitative estimate of drug-likeness (QED) is 0.646. The topological polar surface area (TPSA) is 58.4 Å². The van der Waals surface area contributed by atoms with Crippen molar-refractivity contribution in [3.05, 3.63) is 39.9 Å². The van der Waals surface area contributed by atoms with Gasteiger partial charge in [0, 0.05) is 43.9 Å². The molecule has 1 aromatic rings. The van der Waals surface area contributed by atoms with Crippen LogP contribution in [0.1, 0.15) is 38.3 Å². The third-order valence-electron chi connectivity index (χ3n) is 4.10. The summed E-state index contributed by atoms with van der Waals surface area (Å²) in [6.45, 7) is 8.23. The molecule has 0 bridgehead atoms. The number of hydrogen-bond acceptors (Lipinski definition) is 4. The highest BCUT2D eigenvalue weighted by Crippen LogP contribution is 2.33. The molecule has 0 unspecified atom stereocenters. The maximum Gasteiger partial charge on any atom is 0.274 e. The lowest BCUT2D eigenvalue weighted by atomic mass is 9.94.